The fourth-order valence-corrected chi connectivity index (χ4v) is 4.47. The van der Waals surface area contributed by atoms with Gasteiger partial charge in [0.15, 0.2) is 0 Å². The summed E-state index contributed by atoms with van der Waals surface area (Å²) in [5.74, 6) is 0.613. The lowest BCUT2D eigenvalue weighted by molar-refractivity contribution is -0.385. The number of imidazole rings is 1. The minimum absolute atomic E-state index is 0.0159. The van der Waals surface area contributed by atoms with Crippen molar-refractivity contribution in [1.82, 2.24) is 9.97 Å². The van der Waals surface area contributed by atoms with E-state index in [1.54, 1.807) is 6.07 Å². The molecule has 0 fully saturated rings. The minimum Gasteiger partial charge on any atom is -0.337 e. The smallest absolute Gasteiger partial charge is 0.284 e. The second-order valence-corrected chi connectivity index (χ2v) is 8.57. The van der Waals surface area contributed by atoms with Crippen LogP contribution >= 0.6 is 38.5 Å². The summed E-state index contributed by atoms with van der Waals surface area (Å²) < 4.78 is 1.58. The minimum atomic E-state index is -0.399. The largest absolute Gasteiger partial charge is 0.337 e. The van der Waals surface area contributed by atoms with Gasteiger partial charge in [-0.05, 0) is 73.6 Å². The monoisotopic (exact) mass is 543 g/mol. The lowest BCUT2D eigenvalue weighted by Gasteiger charge is -2.06. The summed E-state index contributed by atoms with van der Waals surface area (Å²) in [6, 6.07) is 19.6. The first kappa shape index (κ1) is 17.6. The molecule has 1 heterocycles. The maximum atomic E-state index is 11.3. The number of aromatic amines is 1. The molecule has 0 unspecified atom stereocenters. The van der Waals surface area contributed by atoms with Crippen LogP contribution < -0.4 is 0 Å². The third-order valence-corrected chi connectivity index (χ3v) is 6.18. The number of benzene rings is 4. The number of aromatic nitrogens is 2. The Morgan fingerprint density at radius 2 is 1.71 bits per heavy atom. The van der Waals surface area contributed by atoms with Gasteiger partial charge in [0.25, 0.3) is 5.69 Å². The first-order valence-corrected chi connectivity index (χ1v) is 10.3. The normalized spacial score (nSPS) is 11.5. The lowest BCUT2D eigenvalue weighted by atomic mass is 10.0. The van der Waals surface area contributed by atoms with Crippen LogP contribution in [0, 0.1) is 13.7 Å². The number of nitrogens with zero attached hydrogens (tertiary/aromatic N) is 2. The summed E-state index contributed by atoms with van der Waals surface area (Å²) in [6.45, 7) is 0. The first-order valence-electron chi connectivity index (χ1n) is 8.47. The van der Waals surface area contributed by atoms with E-state index in [9.17, 15) is 10.1 Å². The molecule has 0 saturated carbocycles. The van der Waals surface area contributed by atoms with E-state index in [2.05, 4.69) is 73.8 Å². The van der Waals surface area contributed by atoms with Crippen molar-refractivity contribution in [3.8, 4) is 11.4 Å². The fourth-order valence-electron chi connectivity index (χ4n) is 3.58. The molecule has 1 N–H and O–H groups in total. The topological polar surface area (TPSA) is 71.8 Å². The van der Waals surface area contributed by atoms with Gasteiger partial charge in [0.05, 0.1) is 20.4 Å². The van der Waals surface area contributed by atoms with Gasteiger partial charge < -0.3 is 4.98 Å². The van der Waals surface area contributed by atoms with Crippen molar-refractivity contribution in [3.05, 3.63) is 78.8 Å². The molecular weight excluding hydrogens is 533 g/mol. The molecule has 0 bridgehead atoms. The lowest BCUT2D eigenvalue weighted by Crippen LogP contribution is -1.90. The molecule has 0 atom stereocenters. The van der Waals surface area contributed by atoms with Crippen LogP contribution in [0.15, 0.2) is 65.1 Å². The number of hydrogen-bond donors (Lipinski definition) is 1. The molecule has 0 aliphatic carbocycles. The average Bonchev–Trinajstić information content (AvgIpc) is 3.14. The standard InChI is InChI=1S/C21H11BrIN3O2/c22-17-8-5-11(9-18(17)26(27)28)21-24-19-15-4-2-1-3-13(15)14-7-6-12(23)10-16(14)20(19)25-21/h1-10H,(H,24,25). The zero-order valence-electron chi connectivity index (χ0n) is 14.2. The Bertz CT molecular complexity index is 1430. The van der Waals surface area contributed by atoms with Crippen LogP contribution in [-0.4, -0.2) is 14.9 Å². The van der Waals surface area contributed by atoms with E-state index < -0.39 is 4.92 Å². The summed E-state index contributed by atoms with van der Waals surface area (Å²) in [5, 5.41) is 15.7. The Morgan fingerprint density at radius 3 is 2.50 bits per heavy atom. The molecular formula is C21H11BrIN3O2. The van der Waals surface area contributed by atoms with E-state index in [0.29, 0.717) is 15.9 Å². The van der Waals surface area contributed by atoms with Gasteiger partial charge in [0.1, 0.15) is 5.82 Å². The molecule has 5 nitrogen and oxygen atoms in total. The van der Waals surface area contributed by atoms with Crippen LogP contribution in [0.4, 0.5) is 5.69 Å². The Hall–Kier alpha value is -2.52. The number of nitrogens with one attached hydrogen (secondary N) is 1. The predicted octanol–water partition coefficient (Wildman–Crippen LogP) is 6.81. The van der Waals surface area contributed by atoms with Crippen molar-refractivity contribution < 1.29 is 4.92 Å². The maximum Gasteiger partial charge on any atom is 0.284 e. The van der Waals surface area contributed by atoms with Crippen molar-refractivity contribution in [2.45, 2.75) is 0 Å². The first-order chi connectivity index (χ1) is 13.5. The number of rotatable bonds is 2. The van der Waals surface area contributed by atoms with Gasteiger partial charge in [-0.15, -0.1) is 0 Å². The molecule has 4 aromatic carbocycles. The Labute approximate surface area is 181 Å². The SMILES string of the molecule is O=[N+]([O-])c1cc(-c2nc3c4cc(I)ccc4c4ccccc4c3[nH]2)ccc1Br. The molecule has 0 aliphatic heterocycles. The van der Waals surface area contributed by atoms with E-state index >= 15 is 0 Å². The van der Waals surface area contributed by atoms with E-state index in [1.165, 1.54) is 6.07 Å². The van der Waals surface area contributed by atoms with Crippen LogP contribution in [0.1, 0.15) is 0 Å². The Morgan fingerprint density at radius 1 is 0.964 bits per heavy atom. The number of H-pyrrole nitrogens is 1. The van der Waals surface area contributed by atoms with Gasteiger partial charge in [-0.2, -0.15) is 0 Å². The molecule has 5 aromatic rings. The summed E-state index contributed by atoms with van der Waals surface area (Å²) in [5.41, 5.74) is 2.50. The molecule has 0 spiro atoms. The molecule has 0 aliphatic rings. The van der Waals surface area contributed by atoms with Gasteiger partial charge in [0, 0.05) is 26.0 Å². The number of hydrogen-bond acceptors (Lipinski definition) is 3. The Kier molecular flexibility index (Phi) is 4.09. The molecule has 28 heavy (non-hydrogen) atoms. The number of fused-ring (bicyclic) bond motifs is 6. The van der Waals surface area contributed by atoms with Crippen LogP contribution in [-0.2, 0) is 0 Å². The third kappa shape index (κ3) is 2.68. The number of nitro groups is 1. The Balaban J connectivity index is 1.88. The average molecular weight is 544 g/mol. The van der Waals surface area contributed by atoms with Crippen LogP contribution in [0.25, 0.3) is 44.0 Å². The highest BCUT2D eigenvalue weighted by molar-refractivity contribution is 14.1. The highest BCUT2D eigenvalue weighted by Crippen LogP contribution is 2.37. The van der Waals surface area contributed by atoms with Crippen LogP contribution in [0.3, 0.4) is 0 Å². The highest BCUT2D eigenvalue weighted by atomic mass is 127. The summed E-state index contributed by atoms with van der Waals surface area (Å²) >= 11 is 5.54. The van der Waals surface area contributed by atoms with Crippen molar-refractivity contribution in [3.63, 3.8) is 0 Å². The molecule has 0 radical (unpaired) electrons. The van der Waals surface area contributed by atoms with Crippen LogP contribution in [0.2, 0.25) is 0 Å². The second kappa shape index (κ2) is 6.52. The van der Waals surface area contributed by atoms with E-state index in [-0.39, 0.29) is 5.69 Å². The summed E-state index contributed by atoms with van der Waals surface area (Å²) in [6.07, 6.45) is 0. The molecule has 1 aromatic heterocycles. The van der Waals surface area contributed by atoms with E-state index in [0.717, 1.165) is 36.1 Å². The van der Waals surface area contributed by atoms with E-state index in [4.69, 9.17) is 4.98 Å². The van der Waals surface area contributed by atoms with Crippen molar-refractivity contribution in [2.24, 2.45) is 0 Å². The molecule has 7 heteroatoms. The second-order valence-electron chi connectivity index (χ2n) is 6.47. The maximum absolute atomic E-state index is 11.3. The van der Waals surface area contributed by atoms with Crippen molar-refractivity contribution in [1.29, 1.82) is 0 Å². The number of halogens is 2. The summed E-state index contributed by atoms with van der Waals surface area (Å²) in [4.78, 5) is 19.1. The third-order valence-electron chi connectivity index (χ3n) is 4.84. The van der Waals surface area contributed by atoms with Gasteiger partial charge in [-0.25, -0.2) is 4.98 Å². The quantitative estimate of drug-likeness (QED) is 0.115. The van der Waals surface area contributed by atoms with E-state index in [1.807, 2.05) is 18.2 Å². The molecule has 136 valence electrons. The van der Waals surface area contributed by atoms with Crippen molar-refractivity contribution >= 4 is 76.8 Å². The molecule has 0 amide bonds. The zero-order chi connectivity index (χ0) is 19.4. The molecule has 0 saturated heterocycles. The fraction of sp³-hybridized carbons (Fsp3) is 0. The molecule has 5 rings (SSSR count). The van der Waals surface area contributed by atoms with Gasteiger partial charge in [-0.1, -0.05) is 30.3 Å². The summed E-state index contributed by atoms with van der Waals surface area (Å²) in [7, 11) is 0. The zero-order valence-corrected chi connectivity index (χ0v) is 18.0. The van der Waals surface area contributed by atoms with Gasteiger partial charge >= 0.3 is 0 Å². The van der Waals surface area contributed by atoms with Gasteiger partial charge in [0.2, 0.25) is 0 Å². The van der Waals surface area contributed by atoms with Crippen molar-refractivity contribution in [2.75, 3.05) is 0 Å². The van der Waals surface area contributed by atoms with Crippen LogP contribution in [0.5, 0.6) is 0 Å². The predicted molar refractivity (Wildman–Crippen MR) is 124 cm³/mol. The number of nitro benzene ring substituents is 1. The highest BCUT2D eigenvalue weighted by Gasteiger charge is 2.17. The van der Waals surface area contributed by atoms with Gasteiger partial charge in [-0.3, -0.25) is 10.1 Å².